The first-order chi connectivity index (χ1) is 9.74. The SMILES string of the molecule is CCC(NC)c1ccc(N(C)Cc2ccccn2)cc1. The van der Waals surface area contributed by atoms with Crippen molar-refractivity contribution in [3.05, 3.63) is 59.9 Å². The van der Waals surface area contributed by atoms with E-state index in [4.69, 9.17) is 0 Å². The molecule has 106 valence electrons. The first-order valence-corrected chi connectivity index (χ1v) is 7.13. The molecule has 3 nitrogen and oxygen atoms in total. The second-order valence-electron chi connectivity index (χ2n) is 5.02. The van der Waals surface area contributed by atoms with Gasteiger partial charge in [-0.15, -0.1) is 0 Å². The van der Waals surface area contributed by atoms with E-state index in [2.05, 4.69) is 59.5 Å². The number of rotatable bonds is 6. The molecule has 0 aliphatic heterocycles. The van der Waals surface area contributed by atoms with Gasteiger partial charge in [0.1, 0.15) is 0 Å². The molecule has 1 aromatic carbocycles. The predicted molar refractivity (Wildman–Crippen MR) is 84.9 cm³/mol. The Hall–Kier alpha value is -1.87. The molecule has 2 rings (SSSR count). The molecule has 0 fully saturated rings. The van der Waals surface area contributed by atoms with Crippen molar-refractivity contribution in [2.75, 3.05) is 19.0 Å². The fraction of sp³-hybridized carbons (Fsp3) is 0.353. The van der Waals surface area contributed by atoms with Gasteiger partial charge in [0.15, 0.2) is 0 Å². The average molecular weight is 269 g/mol. The molecule has 0 amide bonds. The number of hydrogen-bond acceptors (Lipinski definition) is 3. The summed E-state index contributed by atoms with van der Waals surface area (Å²) in [7, 11) is 4.11. The van der Waals surface area contributed by atoms with E-state index in [1.165, 1.54) is 11.3 Å². The Balaban J connectivity index is 2.06. The summed E-state index contributed by atoms with van der Waals surface area (Å²) in [5.41, 5.74) is 3.64. The van der Waals surface area contributed by atoms with E-state index in [0.717, 1.165) is 18.7 Å². The number of nitrogens with one attached hydrogen (secondary N) is 1. The number of hydrogen-bond donors (Lipinski definition) is 1. The molecule has 2 aromatic rings. The van der Waals surface area contributed by atoms with E-state index < -0.39 is 0 Å². The molecule has 0 saturated carbocycles. The van der Waals surface area contributed by atoms with Gasteiger partial charge >= 0.3 is 0 Å². The van der Waals surface area contributed by atoms with Gasteiger partial charge < -0.3 is 10.2 Å². The maximum Gasteiger partial charge on any atom is 0.0598 e. The molecule has 1 unspecified atom stereocenters. The van der Waals surface area contributed by atoms with E-state index in [1.54, 1.807) is 0 Å². The van der Waals surface area contributed by atoms with Crippen LogP contribution in [0.25, 0.3) is 0 Å². The quantitative estimate of drug-likeness (QED) is 0.871. The van der Waals surface area contributed by atoms with Crippen molar-refractivity contribution in [3.8, 4) is 0 Å². The third-order valence-electron chi connectivity index (χ3n) is 3.62. The van der Waals surface area contributed by atoms with Crippen LogP contribution >= 0.6 is 0 Å². The fourth-order valence-electron chi connectivity index (χ4n) is 2.39. The van der Waals surface area contributed by atoms with Gasteiger partial charge in [-0.3, -0.25) is 4.98 Å². The Kier molecular flexibility index (Phi) is 5.13. The lowest BCUT2D eigenvalue weighted by Gasteiger charge is -2.20. The molecular formula is C17H23N3. The summed E-state index contributed by atoms with van der Waals surface area (Å²) < 4.78 is 0. The Morgan fingerprint density at radius 1 is 1.15 bits per heavy atom. The van der Waals surface area contributed by atoms with Crippen molar-refractivity contribution in [3.63, 3.8) is 0 Å². The monoisotopic (exact) mass is 269 g/mol. The molecule has 3 heteroatoms. The number of anilines is 1. The van der Waals surface area contributed by atoms with Gasteiger partial charge in [0.2, 0.25) is 0 Å². The van der Waals surface area contributed by atoms with Crippen LogP contribution in [-0.4, -0.2) is 19.1 Å². The third-order valence-corrected chi connectivity index (χ3v) is 3.62. The van der Waals surface area contributed by atoms with Gasteiger partial charge in [-0.2, -0.15) is 0 Å². The highest BCUT2D eigenvalue weighted by atomic mass is 15.1. The molecule has 0 radical (unpaired) electrons. The average Bonchev–Trinajstić information content (AvgIpc) is 2.50. The van der Waals surface area contributed by atoms with Crippen molar-refractivity contribution in [2.24, 2.45) is 0 Å². The van der Waals surface area contributed by atoms with Gasteiger partial charge in [0, 0.05) is 25.0 Å². The van der Waals surface area contributed by atoms with Gasteiger partial charge in [0.25, 0.3) is 0 Å². The van der Waals surface area contributed by atoms with E-state index in [-0.39, 0.29) is 0 Å². The minimum Gasteiger partial charge on any atom is -0.369 e. The van der Waals surface area contributed by atoms with Crippen molar-refractivity contribution in [1.29, 1.82) is 0 Å². The molecular weight excluding hydrogens is 246 g/mol. The topological polar surface area (TPSA) is 28.2 Å². The van der Waals surface area contributed by atoms with Crippen LogP contribution < -0.4 is 10.2 Å². The smallest absolute Gasteiger partial charge is 0.0598 e. The Morgan fingerprint density at radius 2 is 1.90 bits per heavy atom. The number of aromatic nitrogens is 1. The maximum atomic E-state index is 4.36. The minimum absolute atomic E-state index is 0.435. The summed E-state index contributed by atoms with van der Waals surface area (Å²) in [5.74, 6) is 0. The second-order valence-corrected chi connectivity index (χ2v) is 5.02. The fourth-order valence-corrected chi connectivity index (χ4v) is 2.39. The van der Waals surface area contributed by atoms with Gasteiger partial charge in [-0.05, 0) is 43.3 Å². The number of pyridine rings is 1. The standard InChI is InChI=1S/C17H23N3/c1-4-17(18-2)14-8-10-16(11-9-14)20(3)13-15-7-5-6-12-19-15/h5-12,17-18H,4,13H2,1-3H3. The van der Waals surface area contributed by atoms with Crippen molar-refractivity contribution in [2.45, 2.75) is 25.9 Å². The first kappa shape index (κ1) is 14.5. The van der Waals surface area contributed by atoms with E-state index in [9.17, 15) is 0 Å². The Bertz CT molecular complexity index is 504. The minimum atomic E-state index is 0.435. The van der Waals surface area contributed by atoms with E-state index >= 15 is 0 Å². The summed E-state index contributed by atoms with van der Waals surface area (Å²) in [4.78, 5) is 6.58. The van der Waals surface area contributed by atoms with Crippen molar-refractivity contribution >= 4 is 5.69 Å². The van der Waals surface area contributed by atoms with Crippen LogP contribution in [0.1, 0.15) is 30.6 Å². The normalized spacial score (nSPS) is 12.2. The van der Waals surface area contributed by atoms with Crippen LogP contribution in [0.15, 0.2) is 48.7 Å². The van der Waals surface area contributed by atoms with Crippen molar-refractivity contribution < 1.29 is 0 Å². The van der Waals surface area contributed by atoms with E-state index in [0.29, 0.717) is 6.04 Å². The van der Waals surface area contributed by atoms with Crippen LogP contribution in [0.3, 0.4) is 0 Å². The molecule has 0 aliphatic rings. The lowest BCUT2D eigenvalue weighted by Crippen LogP contribution is -2.18. The number of nitrogens with zero attached hydrogens (tertiary/aromatic N) is 2. The van der Waals surface area contributed by atoms with Gasteiger partial charge in [0.05, 0.1) is 12.2 Å². The molecule has 1 aromatic heterocycles. The summed E-state index contributed by atoms with van der Waals surface area (Å²) in [6, 6.07) is 15.2. The van der Waals surface area contributed by atoms with Crippen LogP contribution in [0.4, 0.5) is 5.69 Å². The highest BCUT2D eigenvalue weighted by Crippen LogP contribution is 2.21. The summed E-state index contributed by atoms with van der Waals surface area (Å²) >= 11 is 0. The molecule has 1 heterocycles. The predicted octanol–water partition coefficient (Wildman–Crippen LogP) is 3.39. The second kappa shape index (κ2) is 7.06. The zero-order chi connectivity index (χ0) is 14.4. The highest BCUT2D eigenvalue weighted by molar-refractivity contribution is 5.47. The van der Waals surface area contributed by atoms with Gasteiger partial charge in [-0.25, -0.2) is 0 Å². The molecule has 20 heavy (non-hydrogen) atoms. The largest absolute Gasteiger partial charge is 0.369 e. The first-order valence-electron chi connectivity index (χ1n) is 7.13. The Morgan fingerprint density at radius 3 is 2.45 bits per heavy atom. The zero-order valence-electron chi connectivity index (χ0n) is 12.5. The molecule has 0 saturated heterocycles. The summed E-state index contributed by atoms with van der Waals surface area (Å²) in [6.07, 6.45) is 2.94. The van der Waals surface area contributed by atoms with Crippen molar-refractivity contribution in [1.82, 2.24) is 10.3 Å². The Labute approximate surface area is 121 Å². The lowest BCUT2D eigenvalue weighted by molar-refractivity contribution is 0.577. The lowest BCUT2D eigenvalue weighted by atomic mass is 10.0. The zero-order valence-corrected chi connectivity index (χ0v) is 12.5. The van der Waals surface area contributed by atoms with Crippen LogP contribution in [0, 0.1) is 0 Å². The van der Waals surface area contributed by atoms with E-state index in [1.807, 2.05) is 25.4 Å². The van der Waals surface area contributed by atoms with Crippen LogP contribution in [-0.2, 0) is 6.54 Å². The highest BCUT2D eigenvalue weighted by Gasteiger charge is 2.07. The molecule has 0 bridgehead atoms. The van der Waals surface area contributed by atoms with Crippen LogP contribution in [0.2, 0.25) is 0 Å². The van der Waals surface area contributed by atoms with Crippen LogP contribution in [0.5, 0.6) is 0 Å². The molecule has 0 aliphatic carbocycles. The summed E-state index contributed by atoms with van der Waals surface area (Å²) in [5, 5.41) is 3.33. The molecule has 1 N–H and O–H groups in total. The molecule has 1 atom stereocenters. The summed E-state index contributed by atoms with van der Waals surface area (Å²) in [6.45, 7) is 3.02. The third kappa shape index (κ3) is 3.58. The maximum absolute atomic E-state index is 4.36. The molecule has 0 spiro atoms. The number of benzene rings is 1. The van der Waals surface area contributed by atoms with Gasteiger partial charge in [-0.1, -0.05) is 25.1 Å².